The predicted molar refractivity (Wildman–Crippen MR) is 56.5 cm³/mol. The first kappa shape index (κ1) is 11.3. The van der Waals surface area contributed by atoms with Crippen LogP contribution in [-0.4, -0.2) is 9.55 Å². The van der Waals surface area contributed by atoms with Crippen LogP contribution in [0.25, 0.3) is 0 Å². The fourth-order valence-corrected chi connectivity index (χ4v) is 1.44. The van der Waals surface area contributed by atoms with Gasteiger partial charge in [0.2, 0.25) is 0 Å². The van der Waals surface area contributed by atoms with Gasteiger partial charge in [0.25, 0.3) is 5.56 Å². The molecule has 0 bridgehead atoms. The van der Waals surface area contributed by atoms with Gasteiger partial charge in [-0.2, -0.15) is 0 Å². The van der Waals surface area contributed by atoms with E-state index in [4.69, 9.17) is 4.74 Å². The molecule has 2 heterocycles. The molecule has 15 heavy (non-hydrogen) atoms. The fourth-order valence-electron chi connectivity index (χ4n) is 1.44. The number of hydrogen-bond donors (Lipinski definition) is 1. The molecule has 0 spiro atoms. The van der Waals surface area contributed by atoms with Crippen molar-refractivity contribution in [1.82, 2.24) is 9.55 Å². The SMILES string of the molecule is C.C=C1CCC(n2ccc(=O)[nH]c2=O)O1. The van der Waals surface area contributed by atoms with Crippen LogP contribution in [0.1, 0.15) is 26.5 Å². The average molecular weight is 210 g/mol. The molecule has 1 fully saturated rings. The third kappa shape index (κ3) is 2.18. The van der Waals surface area contributed by atoms with Crippen molar-refractivity contribution < 1.29 is 4.74 Å². The number of nitrogens with zero attached hydrogens (tertiary/aromatic N) is 1. The summed E-state index contributed by atoms with van der Waals surface area (Å²) in [7, 11) is 0. The van der Waals surface area contributed by atoms with Crippen molar-refractivity contribution in [3.05, 3.63) is 45.4 Å². The fraction of sp³-hybridized carbons (Fsp3) is 0.400. The Kier molecular flexibility index (Phi) is 3.14. The summed E-state index contributed by atoms with van der Waals surface area (Å²) in [4.78, 5) is 24.3. The van der Waals surface area contributed by atoms with Gasteiger partial charge in [0.15, 0.2) is 6.23 Å². The van der Waals surface area contributed by atoms with Crippen LogP contribution in [0.2, 0.25) is 0 Å². The lowest BCUT2D eigenvalue weighted by Gasteiger charge is -2.12. The summed E-state index contributed by atoms with van der Waals surface area (Å²) in [6.45, 7) is 3.67. The Labute approximate surface area is 87.0 Å². The summed E-state index contributed by atoms with van der Waals surface area (Å²) in [6.07, 6.45) is 2.57. The highest BCUT2D eigenvalue weighted by Crippen LogP contribution is 2.27. The lowest BCUT2D eigenvalue weighted by molar-refractivity contribution is 0.0938. The van der Waals surface area contributed by atoms with Gasteiger partial charge >= 0.3 is 5.69 Å². The van der Waals surface area contributed by atoms with Crippen LogP contribution in [0.4, 0.5) is 0 Å². The zero-order valence-electron chi connectivity index (χ0n) is 7.53. The topological polar surface area (TPSA) is 64.1 Å². The number of rotatable bonds is 1. The van der Waals surface area contributed by atoms with E-state index < -0.39 is 11.2 Å². The molecule has 1 aromatic rings. The van der Waals surface area contributed by atoms with E-state index in [1.807, 2.05) is 0 Å². The summed E-state index contributed by atoms with van der Waals surface area (Å²) in [6, 6.07) is 1.30. The predicted octanol–water partition coefficient (Wildman–Crippen LogP) is 0.995. The molecule has 1 aliphatic rings. The van der Waals surface area contributed by atoms with Gasteiger partial charge in [0.1, 0.15) is 0 Å². The number of allylic oxidation sites excluding steroid dienone is 1. The van der Waals surface area contributed by atoms with Gasteiger partial charge < -0.3 is 4.74 Å². The molecule has 1 aromatic heterocycles. The highest BCUT2D eigenvalue weighted by molar-refractivity contribution is 4.92. The number of hydrogen-bond acceptors (Lipinski definition) is 3. The van der Waals surface area contributed by atoms with Gasteiger partial charge in [0.05, 0.1) is 5.76 Å². The van der Waals surface area contributed by atoms with Crippen LogP contribution >= 0.6 is 0 Å². The minimum Gasteiger partial charge on any atom is -0.475 e. The molecule has 0 radical (unpaired) electrons. The minimum absolute atomic E-state index is 0. The maximum Gasteiger partial charge on any atom is 0.331 e. The Balaban J connectivity index is 0.00000112. The van der Waals surface area contributed by atoms with Gasteiger partial charge in [-0.15, -0.1) is 0 Å². The Hall–Kier alpha value is -1.78. The highest BCUT2D eigenvalue weighted by Gasteiger charge is 2.21. The standard InChI is InChI=1S/C9H10N2O3.CH4/c1-6-2-3-8(14-6)11-5-4-7(12)10-9(11)13;/h4-5,8H,1-3H2,(H,10,12,13);1H4. The van der Waals surface area contributed by atoms with E-state index in [9.17, 15) is 9.59 Å². The Morgan fingerprint density at radius 1 is 1.53 bits per heavy atom. The lowest BCUT2D eigenvalue weighted by Crippen LogP contribution is -2.31. The van der Waals surface area contributed by atoms with E-state index in [-0.39, 0.29) is 13.7 Å². The van der Waals surface area contributed by atoms with Crippen molar-refractivity contribution in [1.29, 1.82) is 0 Å². The second-order valence-electron chi connectivity index (χ2n) is 3.17. The van der Waals surface area contributed by atoms with Crippen molar-refractivity contribution in [3.63, 3.8) is 0 Å². The van der Waals surface area contributed by atoms with Crippen molar-refractivity contribution >= 4 is 0 Å². The second-order valence-corrected chi connectivity index (χ2v) is 3.17. The number of nitrogens with one attached hydrogen (secondary N) is 1. The number of aromatic amines is 1. The summed E-state index contributed by atoms with van der Waals surface area (Å²) in [5.74, 6) is 0.674. The molecular formula is C10H14N2O3. The molecule has 1 aliphatic heterocycles. The Morgan fingerprint density at radius 3 is 2.80 bits per heavy atom. The zero-order chi connectivity index (χ0) is 10.1. The molecule has 1 atom stereocenters. The molecule has 5 heteroatoms. The number of H-pyrrole nitrogens is 1. The summed E-state index contributed by atoms with van der Waals surface area (Å²) >= 11 is 0. The van der Waals surface area contributed by atoms with E-state index in [0.29, 0.717) is 12.2 Å². The molecular weight excluding hydrogens is 196 g/mol. The van der Waals surface area contributed by atoms with E-state index in [0.717, 1.165) is 6.42 Å². The average Bonchev–Trinajstić information content (AvgIpc) is 2.51. The molecule has 1 unspecified atom stereocenters. The maximum atomic E-state index is 11.3. The molecule has 5 nitrogen and oxygen atoms in total. The van der Waals surface area contributed by atoms with Crippen LogP contribution in [-0.2, 0) is 4.74 Å². The van der Waals surface area contributed by atoms with E-state index in [1.54, 1.807) is 0 Å². The summed E-state index contributed by atoms with van der Waals surface area (Å²) in [5.41, 5.74) is -0.847. The summed E-state index contributed by atoms with van der Waals surface area (Å²) in [5, 5.41) is 0. The summed E-state index contributed by atoms with van der Waals surface area (Å²) < 4.78 is 6.68. The van der Waals surface area contributed by atoms with Gasteiger partial charge in [0, 0.05) is 25.1 Å². The molecule has 2 rings (SSSR count). The van der Waals surface area contributed by atoms with Gasteiger partial charge in [-0.1, -0.05) is 14.0 Å². The van der Waals surface area contributed by atoms with Crippen molar-refractivity contribution in [3.8, 4) is 0 Å². The second kappa shape index (κ2) is 4.16. The van der Waals surface area contributed by atoms with Crippen molar-refractivity contribution in [2.75, 3.05) is 0 Å². The molecule has 82 valence electrons. The molecule has 0 amide bonds. The first-order chi connectivity index (χ1) is 6.66. The third-order valence-corrected chi connectivity index (χ3v) is 2.13. The van der Waals surface area contributed by atoms with Gasteiger partial charge in [-0.25, -0.2) is 4.79 Å². The first-order valence-electron chi connectivity index (χ1n) is 4.33. The number of ether oxygens (including phenoxy) is 1. The smallest absolute Gasteiger partial charge is 0.331 e. The largest absolute Gasteiger partial charge is 0.475 e. The van der Waals surface area contributed by atoms with Gasteiger partial charge in [-0.05, 0) is 0 Å². The molecule has 0 aromatic carbocycles. The Morgan fingerprint density at radius 2 is 2.27 bits per heavy atom. The first-order valence-corrected chi connectivity index (χ1v) is 4.33. The lowest BCUT2D eigenvalue weighted by atomic mass is 10.3. The molecule has 1 N–H and O–H groups in total. The van der Waals surface area contributed by atoms with E-state index in [1.165, 1.54) is 16.8 Å². The van der Waals surface area contributed by atoms with Crippen LogP contribution in [0, 0.1) is 0 Å². The molecule has 0 saturated carbocycles. The van der Waals surface area contributed by atoms with E-state index in [2.05, 4.69) is 11.6 Å². The molecule has 0 aliphatic carbocycles. The Bertz CT molecular complexity index is 472. The van der Waals surface area contributed by atoms with E-state index >= 15 is 0 Å². The third-order valence-electron chi connectivity index (χ3n) is 2.13. The van der Waals surface area contributed by atoms with Crippen LogP contribution in [0.15, 0.2) is 34.2 Å². The zero-order valence-corrected chi connectivity index (χ0v) is 7.53. The maximum absolute atomic E-state index is 11.3. The van der Waals surface area contributed by atoms with Crippen LogP contribution in [0.3, 0.4) is 0 Å². The minimum atomic E-state index is -0.447. The normalized spacial score (nSPS) is 19.5. The van der Waals surface area contributed by atoms with Crippen molar-refractivity contribution in [2.24, 2.45) is 0 Å². The monoisotopic (exact) mass is 210 g/mol. The number of aromatic nitrogens is 2. The quantitative estimate of drug-likeness (QED) is 0.752. The van der Waals surface area contributed by atoms with Gasteiger partial charge in [-0.3, -0.25) is 14.3 Å². The van der Waals surface area contributed by atoms with Crippen LogP contribution in [0.5, 0.6) is 0 Å². The van der Waals surface area contributed by atoms with Crippen molar-refractivity contribution in [2.45, 2.75) is 26.5 Å². The molecule has 1 saturated heterocycles. The van der Waals surface area contributed by atoms with Crippen LogP contribution < -0.4 is 11.2 Å². The highest BCUT2D eigenvalue weighted by atomic mass is 16.5.